The smallest absolute Gasteiger partial charge is 0.273 e. The average Bonchev–Trinajstić information content (AvgIpc) is 3.12. The van der Waals surface area contributed by atoms with Crippen LogP contribution in [-0.4, -0.2) is 40.6 Å². The van der Waals surface area contributed by atoms with E-state index in [9.17, 15) is 4.79 Å². The lowest BCUT2D eigenvalue weighted by atomic mass is 9.90. The molecule has 1 unspecified atom stereocenters. The van der Waals surface area contributed by atoms with Crippen LogP contribution in [0.25, 0.3) is 11.3 Å². The molecule has 1 aromatic heterocycles. The molecule has 3 N–H and O–H groups in total. The summed E-state index contributed by atoms with van der Waals surface area (Å²) in [6.45, 7) is 4.14. The first-order valence-electron chi connectivity index (χ1n) is 7.33. The molecule has 124 valence electrons. The molecule has 3 rings (SSSR count). The molecule has 1 aliphatic heterocycles. The van der Waals surface area contributed by atoms with Gasteiger partial charge in [-0.25, -0.2) is 0 Å². The molecule has 7 heteroatoms. The van der Waals surface area contributed by atoms with Crippen LogP contribution in [0.5, 0.6) is 0 Å². The normalized spacial score (nSPS) is 20.4. The van der Waals surface area contributed by atoms with Crippen LogP contribution in [-0.2, 0) is 0 Å². The average molecular weight is 400 g/mol. The van der Waals surface area contributed by atoms with Crippen LogP contribution in [0.1, 0.15) is 23.8 Å². The van der Waals surface area contributed by atoms with Gasteiger partial charge in [-0.15, -0.1) is 12.4 Å². The molecule has 1 aliphatic rings. The highest BCUT2D eigenvalue weighted by Gasteiger charge is 2.36. The Morgan fingerprint density at radius 2 is 2.13 bits per heavy atom. The summed E-state index contributed by atoms with van der Waals surface area (Å²) in [7, 11) is 0. The van der Waals surface area contributed by atoms with Crippen molar-refractivity contribution >= 4 is 34.2 Å². The maximum atomic E-state index is 12.7. The molecule has 23 heavy (non-hydrogen) atoms. The number of rotatable bonds is 3. The molecule has 0 aliphatic carbocycles. The largest absolute Gasteiger partial charge is 0.337 e. The van der Waals surface area contributed by atoms with Crippen LogP contribution >= 0.6 is 28.3 Å². The van der Waals surface area contributed by atoms with Crippen LogP contribution in [0, 0.1) is 5.41 Å². The minimum Gasteiger partial charge on any atom is -0.337 e. The van der Waals surface area contributed by atoms with Crippen LogP contribution in [0.2, 0.25) is 0 Å². The molecule has 2 heterocycles. The predicted molar refractivity (Wildman–Crippen MR) is 96.7 cm³/mol. The Morgan fingerprint density at radius 1 is 1.43 bits per heavy atom. The van der Waals surface area contributed by atoms with E-state index in [0.29, 0.717) is 23.3 Å². The van der Waals surface area contributed by atoms with Gasteiger partial charge in [0.1, 0.15) is 11.4 Å². The number of aromatic amines is 1. The first-order chi connectivity index (χ1) is 10.5. The number of carbonyl (C=O) groups is 1. The molecule has 0 radical (unpaired) electrons. The highest BCUT2D eigenvalue weighted by Crippen LogP contribution is 2.33. The highest BCUT2D eigenvalue weighted by molar-refractivity contribution is 9.10. The third kappa shape index (κ3) is 3.44. The number of amides is 1. The maximum absolute atomic E-state index is 12.7. The zero-order valence-corrected chi connectivity index (χ0v) is 15.3. The number of hydrogen-bond acceptors (Lipinski definition) is 3. The molecule has 1 saturated heterocycles. The number of likely N-dealkylation sites (tertiary alicyclic amines) is 1. The molecule has 0 spiro atoms. The third-order valence-corrected chi connectivity index (χ3v) is 5.08. The summed E-state index contributed by atoms with van der Waals surface area (Å²) in [6.07, 6.45) is 0.937. The lowest BCUT2D eigenvalue weighted by Gasteiger charge is -2.22. The second-order valence-electron chi connectivity index (χ2n) is 6.12. The number of hydrogen-bond donors (Lipinski definition) is 2. The van der Waals surface area contributed by atoms with Crippen molar-refractivity contribution in [3.05, 3.63) is 40.5 Å². The molecular weight excluding hydrogens is 380 g/mol. The van der Waals surface area contributed by atoms with E-state index >= 15 is 0 Å². The van der Waals surface area contributed by atoms with Gasteiger partial charge in [0.2, 0.25) is 0 Å². The third-order valence-electron chi connectivity index (χ3n) is 4.31. The van der Waals surface area contributed by atoms with Gasteiger partial charge < -0.3 is 10.6 Å². The summed E-state index contributed by atoms with van der Waals surface area (Å²) in [4.78, 5) is 14.5. The Kier molecular flexibility index (Phi) is 5.49. The van der Waals surface area contributed by atoms with Crippen molar-refractivity contribution < 1.29 is 4.79 Å². The van der Waals surface area contributed by atoms with Crippen LogP contribution < -0.4 is 5.73 Å². The van der Waals surface area contributed by atoms with Crippen molar-refractivity contribution in [2.24, 2.45) is 11.1 Å². The SMILES string of the molecule is CC1(CN)CCN(C(=O)c2[nH]nc(-c3ccccc3)c2Br)C1.Cl. The number of benzene rings is 1. The zero-order chi connectivity index (χ0) is 15.7. The first kappa shape index (κ1) is 18.0. The Hall–Kier alpha value is -1.37. The second-order valence-corrected chi connectivity index (χ2v) is 6.91. The van der Waals surface area contributed by atoms with Gasteiger partial charge in [-0.05, 0) is 34.3 Å². The van der Waals surface area contributed by atoms with E-state index in [1.165, 1.54) is 0 Å². The second kappa shape index (κ2) is 7.03. The lowest BCUT2D eigenvalue weighted by Crippen LogP contribution is -2.34. The molecule has 0 bridgehead atoms. The van der Waals surface area contributed by atoms with Gasteiger partial charge >= 0.3 is 0 Å². The Morgan fingerprint density at radius 3 is 2.74 bits per heavy atom. The number of nitrogens with one attached hydrogen (secondary N) is 1. The fourth-order valence-electron chi connectivity index (χ4n) is 2.78. The minimum absolute atomic E-state index is 0. The number of carbonyl (C=O) groups excluding carboxylic acids is 1. The molecule has 0 saturated carbocycles. The molecule has 5 nitrogen and oxygen atoms in total. The molecule has 1 atom stereocenters. The van der Waals surface area contributed by atoms with Crippen molar-refractivity contribution in [1.29, 1.82) is 0 Å². The van der Waals surface area contributed by atoms with E-state index < -0.39 is 0 Å². The van der Waals surface area contributed by atoms with Gasteiger partial charge in [-0.1, -0.05) is 37.3 Å². The molecule has 2 aromatic rings. The Labute approximate surface area is 150 Å². The summed E-state index contributed by atoms with van der Waals surface area (Å²) in [5.41, 5.74) is 8.05. The van der Waals surface area contributed by atoms with Gasteiger partial charge in [0, 0.05) is 18.7 Å². The van der Waals surface area contributed by atoms with E-state index in [1.54, 1.807) is 0 Å². The summed E-state index contributed by atoms with van der Waals surface area (Å²) in [5.74, 6) is -0.0290. The Bertz CT molecular complexity index is 691. The summed E-state index contributed by atoms with van der Waals surface area (Å²) < 4.78 is 0.713. The van der Waals surface area contributed by atoms with E-state index in [4.69, 9.17) is 5.73 Å². The lowest BCUT2D eigenvalue weighted by molar-refractivity contribution is 0.0770. The van der Waals surface area contributed by atoms with Gasteiger partial charge in [0.15, 0.2) is 0 Å². The van der Waals surface area contributed by atoms with Gasteiger partial charge in [-0.2, -0.15) is 5.10 Å². The fraction of sp³-hybridized carbons (Fsp3) is 0.375. The zero-order valence-electron chi connectivity index (χ0n) is 12.9. The van der Waals surface area contributed by atoms with Crippen molar-refractivity contribution in [2.75, 3.05) is 19.6 Å². The maximum Gasteiger partial charge on any atom is 0.273 e. The topological polar surface area (TPSA) is 75.0 Å². The number of H-pyrrole nitrogens is 1. The van der Waals surface area contributed by atoms with Crippen molar-refractivity contribution in [1.82, 2.24) is 15.1 Å². The van der Waals surface area contributed by atoms with Crippen molar-refractivity contribution in [3.63, 3.8) is 0 Å². The summed E-state index contributed by atoms with van der Waals surface area (Å²) >= 11 is 3.52. The van der Waals surface area contributed by atoms with Crippen molar-refractivity contribution in [3.8, 4) is 11.3 Å². The fourth-order valence-corrected chi connectivity index (χ4v) is 3.36. The molecule has 1 amide bonds. The van der Waals surface area contributed by atoms with Crippen LogP contribution in [0.15, 0.2) is 34.8 Å². The van der Waals surface area contributed by atoms with Crippen LogP contribution in [0.3, 0.4) is 0 Å². The summed E-state index contributed by atoms with van der Waals surface area (Å²) in [6, 6.07) is 9.79. The number of aromatic nitrogens is 2. The predicted octanol–water partition coefficient (Wildman–Crippen LogP) is 3.07. The monoisotopic (exact) mass is 398 g/mol. The minimum atomic E-state index is -0.0290. The standard InChI is InChI=1S/C16H19BrN4O.ClH/c1-16(9-18)7-8-21(10-16)15(22)14-12(17)13(19-20-14)11-5-3-2-4-6-11;/h2-6H,7-10,18H2,1H3,(H,19,20);1H. The van der Waals surface area contributed by atoms with Gasteiger partial charge in [-0.3, -0.25) is 9.89 Å². The van der Waals surface area contributed by atoms with Crippen LogP contribution in [0.4, 0.5) is 0 Å². The summed E-state index contributed by atoms with van der Waals surface area (Å²) in [5, 5.41) is 7.17. The first-order valence-corrected chi connectivity index (χ1v) is 8.12. The van der Waals surface area contributed by atoms with Crippen molar-refractivity contribution in [2.45, 2.75) is 13.3 Å². The van der Waals surface area contributed by atoms with Gasteiger partial charge in [0.05, 0.1) is 4.47 Å². The molecule has 1 aromatic carbocycles. The quantitative estimate of drug-likeness (QED) is 0.833. The number of halogens is 2. The van der Waals surface area contributed by atoms with E-state index in [-0.39, 0.29) is 23.7 Å². The van der Waals surface area contributed by atoms with E-state index in [0.717, 1.165) is 24.2 Å². The number of nitrogens with two attached hydrogens (primary N) is 1. The Balaban J connectivity index is 0.00000192. The molecule has 1 fully saturated rings. The van der Waals surface area contributed by atoms with E-state index in [2.05, 4.69) is 33.1 Å². The molecular formula is C16H20BrClN4O. The van der Waals surface area contributed by atoms with Gasteiger partial charge in [0.25, 0.3) is 5.91 Å². The number of nitrogens with zero attached hydrogens (tertiary/aromatic N) is 2. The highest BCUT2D eigenvalue weighted by atomic mass is 79.9. The van der Waals surface area contributed by atoms with E-state index in [1.807, 2.05) is 35.2 Å².